The number of aromatic amines is 1. The monoisotopic (exact) mass is 220 g/mol. The molecule has 3 rings (SSSR count). The van der Waals surface area contributed by atoms with Crippen LogP contribution in [0.15, 0.2) is 29.3 Å². The zero-order chi connectivity index (χ0) is 10.4. The Labute approximate surface area is 87.2 Å². The van der Waals surface area contributed by atoms with Gasteiger partial charge in [0.15, 0.2) is 0 Å². The third kappa shape index (κ3) is 1.10. The fourth-order valence-corrected chi connectivity index (χ4v) is 2.63. The summed E-state index contributed by atoms with van der Waals surface area (Å²) < 4.78 is 14.4. The molecule has 15 heavy (non-hydrogen) atoms. The second kappa shape index (κ2) is 2.87. The summed E-state index contributed by atoms with van der Waals surface area (Å²) in [5.41, 5.74) is 0.346. The van der Waals surface area contributed by atoms with Crippen molar-refractivity contribution >= 4 is 31.6 Å². The topological polar surface area (TPSA) is 45.8 Å². The lowest BCUT2D eigenvalue weighted by Crippen LogP contribution is -2.03. The van der Waals surface area contributed by atoms with Crippen molar-refractivity contribution in [2.24, 2.45) is 0 Å². The van der Waals surface area contributed by atoms with Gasteiger partial charge in [-0.25, -0.2) is 9.37 Å². The smallest absolute Gasteiger partial charge is 0.268 e. The molecule has 74 valence electrons. The van der Waals surface area contributed by atoms with Gasteiger partial charge in [-0.15, -0.1) is 11.3 Å². The van der Waals surface area contributed by atoms with Gasteiger partial charge in [0.1, 0.15) is 10.5 Å². The van der Waals surface area contributed by atoms with Crippen molar-refractivity contribution in [3.05, 3.63) is 40.7 Å². The highest BCUT2D eigenvalue weighted by Crippen LogP contribution is 2.31. The molecule has 0 saturated carbocycles. The Kier molecular flexibility index (Phi) is 1.63. The largest absolute Gasteiger partial charge is 0.312 e. The molecule has 0 amide bonds. The summed E-state index contributed by atoms with van der Waals surface area (Å²) in [7, 11) is 0. The summed E-state index contributed by atoms with van der Waals surface area (Å²) >= 11 is 1.13. The summed E-state index contributed by atoms with van der Waals surface area (Å²) in [5, 5.41) is 0.695. The van der Waals surface area contributed by atoms with Gasteiger partial charge < -0.3 is 4.98 Å². The summed E-state index contributed by atoms with van der Waals surface area (Å²) in [5.74, 6) is -0.310. The number of aromatic nitrogens is 2. The maximum atomic E-state index is 13.4. The van der Waals surface area contributed by atoms with E-state index in [0.717, 1.165) is 11.3 Å². The normalized spacial score (nSPS) is 11.3. The van der Waals surface area contributed by atoms with E-state index < -0.39 is 0 Å². The molecule has 2 heterocycles. The highest BCUT2D eigenvalue weighted by Gasteiger charge is 2.11. The molecule has 0 aliphatic heterocycles. The molecular formula is C10H5FN2OS. The molecule has 0 fully saturated rings. The first-order chi connectivity index (χ1) is 7.27. The first-order valence-electron chi connectivity index (χ1n) is 4.32. The van der Waals surface area contributed by atoms with Crippen molar-refractivity contribution in [1.82, 2.24) is 9.97 Å². The van der Waals surface area contributed by atoms with Crippen molar-refractivity contribution in [1.29, 1.82) is 0 Å². The van der Waals surface area contributed by atoms with Crippen LogP contribution in [0.4, 0.5) is 4.39 Å². The molecule has 5 heteroatoms. The minimum atomic E-state index is -0.310. The number of nitrogens with zero attached hydrogens (tertiary/aromatic N) is 1. The molecule has 3 aromatic rings. The number of hydrogen-bond acceptors (Lipinski definition) is 3. The van der Waals surface area contributed by atoms with Crippen LogP contribution in [0.2, 0.25) is 0 Å². The van der Waals surface area contributed by atoms with Gasteiger partial charge in [0.05, 0.1) is 16.5 Å². The first-order valence-corrected chi connectivity index (χ1v) is 5.13. The van der Waals surface area contributed by atoms with E-state index >= 15 is 0 Å². The Morgan fingerprint density at radius 3 is 3.07 bits per heavy atom. The number of fused-ring (bicyclic) bond motifs is 3. The van der Waals surface area contributed by atoms with E-state index in [0.29, 0.717) is 20.3 Å². The first kappa shape index (κ1) is 8.55. The van der Waals surface area contributed by atoms with Crippen LogP contribution in [-0.4, -0.2) is 9.97 Å². The van der Waals surface area contributed by atoms with Gasteiger partial charge in [-0.1, -0.05) is 12.1 Å². The Balaban J connectivity index is 2.69. The lowest BCUT2D eigenvalue weighted by molar-refractivity contribution is 0.642. The van der Waals surface area contributed by atoms with Crippen LogP contribution in [0, 0.1) is 5.82 Å². The zero-order valence-corrected chi connectivity index (χ0v) is 8.27. The van der Waals surface area contributed by atoms with Crippen molar-refractivity contribution in [3.8, 4) is 0 Å². The van der Waals surface area contributed by atoms with E-state index in [2.05, 4.69) is 9.97 Å². The number of thiophene rings is 1. The Hall–Kier alpha value is -1.75. The number of rotatable bonds is 0. The maximum Gasteiger partial charge on any atom is 0.268 e. The van der Waals surface area contributed by atoms with Crippen LogP contribution < -0.4 is 5.56 Å². The van der Waals surface area contributed by atoms with Crippen LogP contribution in [0.5, 0.6) is 0 Å². The van der Waals surface area contributed by atoms with E-state index in [-0.39, 0.29) is 11.4 Å². The number of hydrogen-bond donors (Lipinski definition) is 1. The van der Waals surface area contributed by atoms with Crippen LogP contribution >= 0.6 is 11.3 Å². The molecule has 0 spiro atoms. The Morgan fingerprint density at radius 1 is 1.33 bits per heavy atom. The molecule has 0 unspecified atom stereocenters. The van der Waals surface area contributed by atoms with Gasteiger partial charge in [-0.05, 0) is 6.07 Å². The van der Waals surface area contributed by atoms with Crippen LogP contribution in [0.1, 0.15) is 0 Å². The predicted molar refractivity (Wildman–Crippen MR) is 57.7 cm³/mol. The molecule has 0 saturated heterocycles. The molecular weight excluding hydrogens is 215 g/mol. The van der Waals surface area contributed by atoms with E-state index in [1.165, 1.54) is 12.4 Å². The van der Waals surface area contributed by atoms with Gasteiger partial charge in [0.25, 0.3) is 5.56 Å². The van der Waals surface area contributed by atoms with Crippen molar-refractivity contribution in [3.63, 3.8) is 0 Å². The van der Waals surface area contributed by atoms with E-state index in [1.807, 2.05) is 0 Å². The standard InChI is InChI=1S/C10H5FN2OS/c11-6-3-1-2-5-7-9(15-8(5)6)10(14)13-4-12-7/h1-4H,(H,12,13,14). The average Bonchev–Trinajstić information content (AvgIpc) is 2.60. The molecule has 3 nitrogen and oxygen atoms in total. The molecule has 0 aliphatic rings. The second-order valence-corrected chi connectivity index (χ2v) is 4.15. The van der Waals surface area contributed by atoms with Crippen LogP contribution in [-0.2, 0) is 0 Å². The summed E-state index contributed by atoms with van der Waals surface area (Å²) in [6.07, 6.45) is 1.34. The van der Waals surface area contributed by atoms with Crippen molar-refractivity contribution in [2.75, 3.05) is 0 Å². The number of nitrogens with one attached hydrogen (secondary N) is 1. The minimum absolute atomic E-state index is 0.222. The van der Waals surface area contributed by atoms with Crippen LogP contribution in [0.25, 0.3) is 20.3 Å². The van der Waals surface area contributed by atoms with Crippen molar-refractivity contribution in [2.45, 2.75) is 0 Å². The predicted octanol–water partition coefficient (Wildman–Crippen LogP) is 2.28. The van der Waals surface area contributed by atoms with Gasteiger partial charge >= 0.3 is 0 Å². The highest BCUT2D eigenvalue weighted by atomic mass is 32.1. The van der Waals surface area contributed by atoms with Crippen LogP contribution in [0.3, 0.4) is 0 Å². The third-order valence-electron chi connectivity index (χ3n) is 2.24. The average molecular weight is 220 g/mol. The van der Waals surface area contributed by atoms with Gasteiger partial charge in [0.2, 0.25) is 0 Å². The molecule has 1 N–H and O–H groups in total. The highest BCUT2D eigenvalue weighted by molar-refractivity contribution is 7.25. The quantitative estimate of drug-likeness (QED) is 0.631. The molecule has 0 bridgehead atoms. The molecule has 0 aliphatic carbocycles. The Morgan fingerprint density at radius 2 is 2.20 bits per heavy atom. The van der Waals surface area contributed by atoms with E-state index in [4.69, 9.17) is 0 Å². The molecule has 0 radical (unpaired) electrons. The van der Waals surface area contributed by atoms with Crippen molar-refractivity contribution < 1.29 is 4.39 Å². The lowest BCUT2D eigenvalue weighted by atomic mass is 10.2. The Bertz CT molecular complexity index is 716. The molecule has 1 aromatic carbocycles. The van der Waals surface area contributed by atoms with Gasteiger partial charge in [-0.3, -0.25) is 4.79 Å². The fourth-order valence-electron chi connectivity index (χ4n) is 1.57. The zero-order valence-electron chi connectivity index (χ0n) is 7.45. The summed E-state index contributed by atoms with van der Waals surface area (Å²) in [4.78, 5) is 18.0. The van der Waals surface area contributed by atoms with Gasteiger partial charge in [-0.2, -0.15) is 0 Å². The molecule has 2 aromatic heterocycles. The van der Waals surface area contributed by atoms with E-state index in [1.54, 1.807) is 12.1 Å². The third-order valence-corrected chi connectivity index (χ3v) is 3.44. The number of halogens is 1. The molecule has 0 atom stereocenters. The maximum absolute atomic E-state index is 13.4. The van der Waals surface area contributed by atoms with E-state index in [9.17, 15) is 9.18 Å². The fraction of sp³-hybridized carbons (Fsp3) is 0. The second-order valence-electron chi connectivity index (χ2n) is 3.13. The lowest BCUT2D eigenvalue weighted by Gasteiger charge is -1.90. The SMILES string of the molecule is O=c1[nH]cnc2c1sc1c(F)cccc12. The number of H-pyrrole nitrogens is 1. The number of benzene rings is 1. The minimum Gasteiger partial charge on any atom is -0.312 e. The summed E-state index contributed by atoms with van der Waals surface area (Å²) in [6.45, 7) is 0. The summed E-state index contributed by atoms with van der Waals surface area (Å²) in [6, 6.07) is 4.77. The van der Waals surface area contributed by atoms with Gasteiger partial charge in [0, 0.05) is 5.39 Å².